The van der Waals surface area contributed by atoms with Crippen LogP contribution in [0.2, 0.25) is 0 Å². The molecule has 0 amide bonds. The second kappa shape index (κ2) is 1.54. The Hall–Kier alpha value is 0.0300. The van der Waals surface area contributed by atoms with Gasteiger partial charge in [0.05, 0.1) is 4.87 Å². The molecule has 0 heterocycles. The minimum Gasteiger partial charge on any atom is -0.114 e. The van der Waals surface area contributed by atoms with Gasteiger partial charge in [0.2, 0.25) is 0 Å². The molecule has 0 spiro atoms. The topological polar surface area (TPSA) is 0 Å². The molecule has 0 saturated heterocycles. The van der Waals surface area contributed by atoms with Crippen molar-refractivity contribution in [1.82, 2.24) is 0 Å². The zero-order chi connectivity index (χ0) is 7.28. The highest BCUT2D eigenvalue weighted by atomic mass is 35.5. The predicted octanol–water partition coefficient (Wildman–Crippen LogP) is 2.83. The molecule has 1 rings (SSSR count). The summed E-state index contributed by atoms with van der Waals surface area (Å²) in [7, 11) is 0. The second-order valence-electron chi connectivity index (χ2n) is 3.42. The summed E-state index contributed by atoms with van der Waals surface area (Å²) in [4.78, 5) is -0.118. The summed E-state index contributed by atoms with van der Waals surface area (Å²) in [6.07, 6.45) is 1.86. The lowest BCUT2D eigenvalue weighted by Crippen LogP contribution is -2.02. The number of halogens is 1. The average molecular weight is 145 g/mol. The zero-order valence-corrected chi connectivity index (χ0v) is 7.00. The number of hydrogen-bond acceptors (Lipinski definition) is 0. The molecular weight excluding hydrogens is 132 g/mol. The van der Waals surface area contributed by atoms with Crippen molar-refractivity contribution in [2.75, 3.05) is 0 Å². The molecule has 52 valence electrons. The van der Waals surface area contributed by atoms with Gasteiger partial charge in [-0.3, -0.25) is 0 Å². The third kappa shape index (κ3) is 0.602. The SMILES string of the molecule is C=CC1(Cl)C(C)C1(C)C. The van der Waals surface area contributed by atoms with Crippen molar-refractivity contribution in [3.8, 4) is 0 Å². The van der Waals surface area contributed by atoms with Gasteiger partial charge < -0.3 is 0 Å². The summed E-state index contributed by atoms with van der Waals surface area (Å²) in [5, 5.41) is 0. The fourth-order valence-corrected chi connectivity index (χ4v) is 1.82. The monoisotopic (exact) mass is 144 g/mol. The van der Waals surface area contributed by atoms with Gasteiger partial charge in [-0.15, -0.1) is 18.2 Å². The maximum Gasteiger partial charge on any atom is 0.0708 e. The van der Waals surface area contributed by atoms with Crippen LogP contribution in [0.5, 0.6) is 0 Å². The van der Waals surface area contributed by atoms with Crippen molar-refractivity contribution in [1.29, 1.82) is 0 Å². The Morgan fingerprint density at radius 2 is 1.89 bits per heavy atom. The zero-order valence-electron chi connectivity index (χ0n) is 6.24. The molecule has 0 radical (unpaired) electrons. The van der Waals surface area contributed by atoms with E-state index in [1.54, 1.807) is 0 Å². The van der Waals surface area contributed by atoms with Gasteiger partial charge in [-0.1, -0.05) is 26.8 Å². The van der Waals surface area contributed by atoms with E-state index in [1.807, 2.05) is 6.08 Å². The van der Waals surface area contributed by atoms with E-state index in [4.69, 9.17) is 11.6 Å². The minimum atomic E-state index is -0.118. The summed E-state index contributed by atoms with van der Waals surface area (Å²) in [5.41, 5.74) is 0.260. The van der Waals surface area contributed by atoms with Crippen LogP contribution in [-0.2, 0) is 0 Å². The Kier molecular flexibility index (Phi) is 1.23. The molecule has 0 bridgehead atoms. The van der Waals surface area contributed by atoms with E-state index in [1.165, 1.54) is 0 Å². The molecule has 1 fully saturated rings. The fourth-order valence-electron chi connectivity index (χ4n) is 1.44. The standard InChI is InChI=1S/C8H13Cl/c1-5-8(9)6(2)7(8,3)4/h5-6H,1H2,2-4H3. The molecule has 1 aliphatic rings. The van der Waals surface area contributed by atoms with Crippen LogP contribution in [0, 0.1) is 11.3 Å². The van der Waals surface area contributed by atoms with Crippen molar-refractivity contribution in [3.05, 3.63) is 12.7 Å². The lowest BCUT2D eigenvalue weighted by molar-refractivity contribution is 0.576. The molecule has 0 nitrogen and oxygen atoms in total. The lowest BCUT2D eigenvalue weighted by atomic mass is 10.1. The van der Waals surface area contributed by atoms with Crippen LogP contribution in [-0.4, -0.2) is 4.87 Å². The largest absolute Gasteiger partial charge is 0.114 e. The Morgan fingerprint density at radius 1 is 1.56 bits per heavy atom. The Bertz CT molecular complexity index is 149. The summed E-state index contributed by atoms with van der Waals surface area (Å²) < 4.78 is 0. The Morgan fingerprint density at radius 3 is 1.89 bits per heavy atom. The average Bonchev–Trinajstić information content (AvgIpc) is 2.16. The molecule has 0 aromatic rings. The van der Waals surface area contributed by atoms with Crippen LogP contribution in [0.1, 0.15) is 20.8 Å². The molecule has 1 heteroatoms. The first kappa shape index (κ1) is 7.14. The van der Waals surface area contributed by atoms with Crippen LogP contribution in [0.3, 0.4) is 0 Å². The van der Waals surface area contributed by atoms with Gasteiger partial charge in [0.25, 0.3) is 0 Å². The third-order valence-electron chi connectivity index (χ3n) is 2.91. The van der Waals surface area contributed by atoms with Gasteiger partial charge in [-0.2, -0.15) is 0 Å². The smallest absolute Gasteiger partial charge is 0.0708 e. The Balaban J connectivity index is 2.81. The maximum absolute atomic E-state index is 6.15. The number of allylic oxidation sites excluding steroid dienone is 1. The first-order valence-electron chi connectivity index (χ1n) is 3.29. The van der Waals surface area contributed by atoms with E-state index in [-0.39, 0.29) is 10.3 Å². The van der Waals surface area contributed by atoms with Crippen LogP contribution >= 0.6 is 11.6 Å². The van der Waals surface area contributed by atoms with Gasteiger partial charge in [0.15, 0.2) is 0 Å². The normalized spacial score (nSPS) is 46.4. The van der Waals surface area contributed by atoms with Crippen LogP contribution in [0.15, 0.2) is 12.7 Å². The summed E-state index contributed by atoms with van der Waals surface area (Å²) in [5.74, 6) is 0.573. The van der Waals surface area contributed by atoms with Crippen LogP contribution in [0.25, 0.3) is 0 Å². The Labute approximate surface area is 61.9 Å². The predicted molar refractivity (Wildman–Crippen MR) is 41.7 cm³/mol. The van der Waals surface area contributed by atoms with E-state index in [9.17, 15) is 0 Å². The van der Waals surface area contributed by atoms with Crippen molar-refractivity contribution >= 4 is 11.6 Å². The third-order valence-corrected chi connectivity index (χ3v) is 3.88. The van der Waals surface area contributed by atoms with Gasteiger partial charge >= 0.3 is 0 Å². The molecule has 0 aromatic carbocycles. The van der Waals surface area contributed by atoms with Gasteiger partial charge in [0.1, 0.15) is 0 Å². The molecule has 1 aliphatic carbocycles. The van der Waals surface area contributed by atoms with Crippen LogP contribution in [0.4, 0.5) is 0 Å². The maximum atomic E-state index is 6.15. The first-order chi connectivity index (χ1) is 3.97. The fraction of sp³-hybridized carbons (Fsp3) is 0.750. The molecule has 9 heavy (non-hydrogen) atoms. The van der Waals surface area contributed by atoms with E-state index in [2.05, 4.69) is 27.4 Å². The highest BCUT2D eigenvalue weighted by molar-refractivity contribution is 6.28. The summed E-state index contributed by atoms with van der Waals surface area (Å²) >= 11 is 6.15. The van der Waals surface area contributed by atoms with Gasteiger partial charge in [-0.05, 0) is 11.3 Å². The van der Waals surface area contributed by atoms with E-state index >= 15 is 0 Å². The quantitative estimate of drug-likeness (QED) is 0.392. The number of rotatable bonds is 1. The lowest BCUT2D eigenvalue weighted by Gasteiger charge is -2.03. The molecule has 2 atom stereocenters. The van der Waals surface area contributed by atoms with Crippen LogP contribution < -0.4 is 0 Å². The summed E-state index contributed by atoms with van der Waals surface area (Å²) in [6, 6.07) is 0. The minimum absolute atomic E-state index is 0.118. The highest BCUT2D eigenvalue weighted by Gasteiger charge is 2.65. The van der Waals surface area contributed by atoms with E-state index in [0.29, 0.717) is 5.92 Å². The highest BCUT2D eigenvalue weighted by Crippen LogP contribution is 2.66. The van der Waals surface area contributed by atoms with Gasteiger partial charge in [-0.25, -0.2) is 0 Å². The van der Waals surface area contributed by atoms with Crippen molar-refractivity contribution in [2.45, 2.75) is 25.6 Å². The molecular formula is C8H13Cl. The first-order valence-corrected chi connectivity index (χ1v) is 3.67. The molecule has 0 aromatic heterocycles. The summed E-state index contributed by atoms with van der Waals surface area (Å²) in [6.45, 7) is 10.2. The molecule has 2 unspecified atom stereocenters. The number of alkyl halides is 1. The van der Waals surface area contributed by atoms with Gasteiger partial charge in [0, 0.05) is 0 Å². The second-order valence-corrected chi connectivity index (χ2v) is 4.04. The number of hydrogen-bond donors (Lipinski definition) is 0. The van der Waals surface area contributed by atoms with Crippen molar-refractivity contribution in [3.63, 3.8) is 0 Å². The van der Waals surface area contributed by atoms with E-state index in [0.717, 1.165) is 0 Å². The molecule has 0 N–H and O–H groups in total. The van der Waals surface area contributed by atoms with Crippen molar-refractivity contribution < 1.29 is 0 Å². The van der Waals surface area contributed by atoms with Crippen molar-refractivity contribution in [2.24, 2.45) is 11.3 Å². The molecule has 0 aliphatic heterocycles. The van der Waals surface area contributed by atoms with E-state index < -0.39 is 0 Å². The molecule has 1 saturated carbocycles.